The fraction of sp³-hybridized carbons (Fsp3) is 0.316. The molecule has 2 aromatic rings. The smallest absolute Gasteiger partial charge is 0.258 e. The van der Waals surface area contributed by atoms with Gasteiger partial charge in [-0.1, -0.05) is 6.07 Å². The summed E-state index contributed by atoms with van der Waals surface area (Å²) in [5.74, 6) is -0.475. The number of halogens is 1. The number of amides is 1. The molecule has 1 unspecified atom stereocenters. The van der Waals surface area contributed by atoms with E-state index < -0.39 is 17.8 Å². The molecule has 0 saturated heterocycles. The third-order valence-corrected chi connectivity index (χ3v) is 3.50. The van der Waals surface area contributed by atoms with Crippen LogP contribution < -0.4 is 10.1 Å². The molecule has 2 N–H and O–H groups in total. The quantitative estimate of drug-likeness (QED) is 0.809. The summed E-state index contributed by atoms with van der Waals surface area (Å²) in [5, 5.41) is 12.4. The van der Waals surface area contributed by atoms with Gasteiger partial charge < -0.3 is 20.1 Å². The Bertz CT molecular complexity index is 717. The lowest BCUT2D eigenvalue weighted by atomic mass is 10.1. The average molecular weight is 346 g/mol. The zero-order valence-electron chi connectivity index (χ0n) is 14.6. The Hall–Kier alpha value is -2.44. The van der Waals surface area contributed by atoms with Crippen LogP contribution in [0.4, 0.5) is 10.1 Å². The van der Waals surface area contributed by atoms with E-state index >= 15 is 0 Å². The summed E-state index contributed by atoms with van der Waals surface area (Å²) in [6, 6.07) is 11.2. The molecule has 1 atom stereocenters. The molecule has 0 saturated carbocycles. The molecular weight excluding hydrogens is 323 g/mol. The van der Waals surface area contributed by atoms with Crippen molar-refractivity contribution < 1.29 is 19.0 Å². The Kier molecular flexibility index (Phi) is 6.50. The molecule has 0 aliphatic carbocycles. The minimum Gasteiger partial charge on any atom is -0.491 e. The highest BCUT2D eigenvalue weighted by Crippen LogP contribution is 2.18. The van der Waals surface area contributed by atoms with E-state index in [-0.39, 0.29) is 12.2 Å². The fourth-order valence-electron chi connectivity index (χ4n) is 2.30. The number of aliphatic hydroxyl groups is 1. The van der Waals surface area contributed by atoms with Gasteiger partial charge in [0.2, 0.25) is 0 Å². The first-order chi connectivity index (χ1) is 11.8. The lowest BCUT2D eigenvalue weighted by Gasteiger charge is -2.16. The second-order valence-corrected chi connectivity index (χ2v) is 6.19. The molecule has 6 heteroatoms. The van der Waals surface area contributed by atoms with Gasteiger partial charge in [0.05, 0.1) is 5.56 Å². The number of anilines is 1. The zero-order chi connectivity index (χ0) is 18.4. The van der Waals surface area contributed by atoms with Crippen LogP contribution in [0.2, 0.25) is 0 Å². The van der Waals surface area contributed by atoms with Crippen molar-refractivity contribution in [1.82, 2.24) is 4.90 Å². The highest BCUT2D eigenvalue weighted by Gasteiger charge is 2.12. The monoisotopic (exact) mass is 346 g/mol. The highest BCUT2D eigenvalue weighted by molar-refractivity contribution is 6.04. The van der Waals surface area contributed by atoms with E-state index in [0.717, 1.165) is 5.56 Å². The van der Waals surface area contributed by atoms with E-state index in [4.69, 9.17) is 4.74 Å². The number of nitrogens with one attached hydrogen (secondary N) is 1. The normalized spacial score (nSPS) is 12.1. The molecule has 2 rings (SSSR count). The highest BCUT2D eigenvalue weighted by atomic mass is 19.1. The van der Waals surface area contributed by atoms with E-state index in [1.54, 1.807) is 37.3 Å². The Morgan fingerprint density at radius 3 is 2.52 bits per heavy atom. The van der Waals surface area contributed by atoms with Crippen LogP contribution in [0.3, 0.4) is 0 Å². The van der Waals surface area contributed by atoms with Crippen molar-refractivity contribution in [1.29, 1.82) is 0 Å². The van der Waals surface area contributed by atoms with Crippen LogP contribution in [0.1, 0.15) is 15.9 Å². The SMILES string of the molecule is Cc1ccc(C(=O)Nc2ccc(OCC(O)CN(C)C)cc2)c(F)c1. The van der Waals surface area contributed by atoms with Crippen LogP contribution in [-0.4, -0.2) is 49.3 Å². The summed E-state index contributed by atoms with van der Waals surface area (Å²) in [6.07, 6.45) is -0.584. The number of carbonyl (C=O) groups excluding carboxylic acids is 1. The molecule has 0 aliphatic rings. The molecule has 1 amide bonds. The third-order valence-electron chi connectivity index (χ3n) is 3.50. The molecule has 5 nitrogen and oxygen atoms in total. The molecule has 0 radical (unpaired) electrons. The zero-order valence-corrected chi connectivity index (χ0v) is 14.6. The van der Waals surface area contributed by atoms with E-state index in [2.05, 4.69) is 5.32 Å². The van der Waals surface area contributed by atoms with Gasteiger partial charge in [0, 0.05) is 12.2 Å². The number of nitrogens with zero attached hydrogens (tertiary/aromatic N) is 1. The lowest BCUT2D eigenvalue weighted by Crippen LogP contribution is -2.30. The summed E-state index contributed by atoms with van der Waals surface area (Å²) in [6.45, 7) is 2.45. The van der Waals surface area contributed by atoms with E-state index in [1.165, 1.54) is 12.1 Å². The minimum atomic E-state index is -0.584. The summed E-state index contributed by atoms with van der Waals surface area (Å²) >= 11 is 0. The molecule has 0 aliphatic heterocycles. The Morgan fingerprint density at radius 1 is 1.24 bits per heavy atom. The van der Waals surface area contributed by atoms with Crippen molar-refractivity contribution in [2.24, 2.45) is 0 Å². The number of hydrogen-bond donors (Lipinski definition) is 2. The second-order valence-electron chi connectivity index (χ2n) is 6.19. The first-order valence-corrected chi connectivity index (χ1v) is 7.98. The van der Waals surface area contributed by atoms with E-state index in [9.17, 15) is 14.3 Å². The number of aliphatic hydroxyl groups excluding tert-OH is 1. The van der Waals surface area contributed by atoms with Gasteiger partial charge in [-0.15, -0.1) is 0 Å². The van der Waals surface area contributed by atoms with Gasteiger partial charge in [0.15, 0.2) is 0 Å². The average Bonchev–Trinajstić information content (AvgIpc) is 2.53. The summed E-state index contributed by atoms with van der Waals surface area (Å²) in [4.78, 5) is 14.0. The van der Waals surface area contributed by atoms with Crippen LogP contribution in [0, 0.1) is 12.7 Å². The molecule has 25 heavy (non-hydrogen) atoms. The van der Waals surface area contributed by atoms with Crippen molar-refractivity contribution in [2.45, 2.75) is 13.0 Å². The maximum Gasteiger partial charge on any atom is 0.258 e. The van der Waals surface area contributed by atoms with Gasteiger partial charge in [-0.3, -0.25) is 4.79 Å². The number of aryl methyl sites for hydroxylation is 1. The number of carbonyl (C=O) groups is 1. The maximum atomic E-state index is 13.8. The van der Waals surface area contributed by atoms with Gasteiger partial charge in [-0.05, 0) is 63.0 Å². The number of rotatable bonds is 7. The third kappa shape index (κ3) is 5.85. The standard InChI is InChI=1S/C19H23FN2O3/c1-13-4-9-17(18(20)10-13)19(24)21-14-5-7-16(8-6-14)25-12-15(23)11-22(2)3/h4-10,15,23H,11-12H2,1-3H3,(H,21,24). The molecule has 2 aromatic carbocycles. The van der Waals surface area contributed by atoms with Gasteiger partial charge >= 0.3 is 0 Å². The number of hydrogen-bond acceptors (Lipinski definition) is 4. The van der Waals surface area contributed by atoms with Crippen LogP contribution in [0.15, 0.2) is 42.5 Å². The van der Waals surface area contributed by atoms with Crippen molar-refractivity contribution in [3.63, 3.8) is 0 Å². The van der Waals surface area contributed by atoms with Crippen molar-refractivity contribution in [3.05, 3.63) is 59.4 Å². The Balaban J connectivity index is 1.92. The first-order valence-electron chi connectivity index (χ1n) is 7.98. The predicted molar refractivity (Wildman–Crippen MR) is 95.6 cm³/mol. The molecule has 0 heterocycles. The molecule has 134 valence electrons. The van der Waals surface area contributed by atoms with Gasteiger partial charge in [0.1, 0.15) is 24.3 Å². The molecule has 0 bridgehead atoms. The topological polar surface area (TPSA) is 61.8 Å². The largest absolute Gasteiger partial charge is 0.491 e. The van der Waals surface area contributed by atoms with Gasteiger partial charge in [0.25, 0.3) is 5.91 Å². The molecule has 0 spiro atoms. The second kappa shape index (κ2) is 8.60. The Morgan fingerprint density at radius 2 is 1.92 bits per heavy atom. The van der Waals surface area contributed by atoms with Crippen LogP contribution in [0.5, 0.6) is 5.75 Å². The number of benzene rings is 2. The van der Waals surface area contributed by atoms with E-state index in [1.807, 2.05) is 19.0 Å². The lowest BCUT2D eigenvalue weighted by molar-refractivity contribution is 0.0831. The summed E-state index contributed by atoms with van der Waals surface area (Å²) in [7, 11) is 3.75. The van der Waals surface area contributed by atoms with E-state index in [0.29, 0.717) is 18.0 Å². The molecule has 0 aromatic heterocycles. The van der Waals surface area contributed by atoms with Crippen molar-refractivity contribution in [2.75, 3.05) is 32.6 Å². The van der Waals surface area contributed by atoms with Crippen LogP contribution >= 0.6 is 0 Å². The van der Waals surface area contributed by atoms with Gasteiger partial charge in [-0.25, -0.2) is 4.39 Å². The molecule has 0 fully saturated rings. The summed E-state index contributed by atoms with van der Waals surface area (Å²) in [5.41, 5.74) is 1.29. The van der Waals surface area contributed by atoms with Crippen LogP contribution in [-0.2, 0) is 0 Å². The van der Waals surface area contributed by atoms with Crippen LogP contribution in [0.25, 0.3) is 0 Å². The molecular formula is C19H23FN2O3. The predicted octanol–water partition coefficient (Wildman–Crippen LogP) is 2.69. The number of likely N-dealkylation sites (N-methyl/N-ethyl adjacent to an activating group) is 1. The van der Waals surface area contributed by atoms with Crippen molar-refractivity contribution in [3.8, 4) is 5.75 Å². The minimum absolute atomic E-state index is 0.00210. The fourth-order valence-corrected chi connectivity index (χ4v) is 2.30. The maximum absolute atomic E-state index is 13.8. The van der Waals surface area contributed by atoms with Crippen molar-refractivity contribution >= 4 is 11.6 Å². The first kappa shape index (κ1) is 18.9. The summed E-state index contributed by atoms with van der Waals surface area (Å²) < 4.78 is 19.3. The Labute approximate surface area is 147 Å². The number of ether oxygens (including phenoxy) is 1. The van der Waals surface area contributed by atoms with Gasteiger partial charge in [-0.2, -0.15) is 0 Å².